The average molecular weight is 354 g/mol. The van der Waals surface area contributed by atoms with Crippen molar-refractivity contribution in [2.75, 3.05) is 11.3 Å². The maximum absolute atomic E-state index is 12.3. The topological polar surface area (TPSA) is 134 Å². The largest absolute Gasteiger partial charge is 0.387 e. The molecule has 0 fully saturated rings. The van der Waals surface area contributed by atoms with Crippen LogP contribution in [0.15, 0.2) is 22.6 Å². The number of amidine groups is 1. The van der Waals surface area contributed by atoms with Gasteiger partial charge < -0.3 is 16.2 Å². The molecule has 1 atom stereocenters. The fourth-order valence-electron chi connectivity index (χ4n) is 2.49. The fourth-order valence-corrected chi connectivity index (χ4v) is 3.33. The number of hydrogen-bond donors (Lipinski definition) is 4. The van der Waals surface area contributed by atoms with Crippen LogP contribution in [0, 0.1) is 5.41 Å². The second kappa shape index (κ2) is 6.40. The SMILES string of the molecule is CCCNC(=O)C(C)(C)C(O)c1cccc2c1C(N)=NS(=O)(=O)N2. The molecule has 1 aliphatic rings. The summed E-state index contributed by atoms with van der Waals surface area (Å²) in [6.45, 7) is 5.66. The van der Waals surface area contributed by atoms with E-state index in [9.17, 15) is 18.3 Å². The van der Waals surface area contributed by atoms with Gasteiger partial charge in [0.15, 0.2) is 0 Å². The van der Waals surface area contributed by atoms with Gasteiger partial charge in [0.25, 0.3) is 0 Å². The highest BCUT2D eigenvalue weighted by Gasteiger charge is 2.39. The lowest BCUT2D eigenvalue weighted by Crippen LogP contribution is -2.42. The van der Waals surface area contributed by atoms with Gasteiger partial charge in [-0.15, -0.1) is 4.40 Å². The third kappa shape index (κ3) is 3.36. The van der Waals surface area contributed by atoms with E-state index in [0.29, 0.717) is 12.1 Å². The highest BCUT2D eigenvalue weighted by molar-refractivity contribution is 7.91. The Kier molecular flexibility index (Phi) is 4.86. The van der Waals surface area contributed by atoms with E-state index in [0.717, 1.165) is 6.42 Å². The molecule has 0 saturated heterocycles. The van der Waals surface area contributed by atoms with Crippen LogP contribution in [0.2, 0.25) is 0 Å². The van der Waals surface area contributed by atoms with Crippen LogP contribution in [0.3, 0.4) is 0 Å². The smallest absolute Gasteiger partial charge is 0.344 e. The molecule has 132 valence electrons. The number of aliphatic hydroxyl groups is 1. The van der Waals surface area contributed by atoms with Gasteiger partial charge in [0, 0.05) is 12.1 Å². The minimum absolute atomic E-state index is 0.219. The predicted molar refractivity (Wildman–Crippen MR) is 91.8 cm³/mol. The number of fused-ring (bicyclic) bond motifs is 1. The Morgan fingerprint density at radius 1 is 1.46 bits per heavy atom. The van der Waals surface area contributed by atoms with Crippen molar-refractivity contribution in [2.45, 2.75) is 33.3 Å². The van der Waals surface area contributed by atoms with Gasteiger partial charge in [-0.1, -0.05) is 19.1 Å². The summed E-state index contributed by atoms with van der Waals surface area (Å²) in [5.74, 6) is -0.524. The van der Waals surface area contributed by atoms with Crippen molar-refractivity contribution in [1.29, 1.82) is 0 Å². The molecule has 0 radical (unpaired) electrons. The molecule has 0 aromatic heterocycles. The number of hydrogen-bond acceptors (Lipinski definition) is 5. The molecule has 9 heteroatoms. The number of rotatable bonds is 5. The molecule has 0 bridgehead atoms. The summed E-state index contributed by atoms with van der Waals surface area (Å²) in [6.07, 6.45) is -0.416. The second-order valence-electron chi connectivity index (χ2n) is 6.20. The van der Waals surface area contributed by atoms with E-state index in [1.807, 2.05) is 6.92 Å². The van der Waals surface area contributed by atoms with Gasteiger partial charge in [-0.25, -0.2) is 0 Å². The average Bonchev–Trinajstić information content (AvgIpc) is 2.49. The van der Waals surface area contributed by atoms with Crippen LogP contribution in [0.5, 0.6) is 0 Å². The van der Waals surface area contributed by atoms with Gasteiger partial charge in [-0.05, 0) is 31.9 Å². The number of carbonyl (C=O) groups excluding carboxylic acids is 1. The summed E-state index contributed by atoms with van der Waals surface area (Å²) in [5.41, 5.74) is 5.50. The Morgan fingerprint density at radius 2 is 2.12 bits per heavy atom. The third-order valence-corrected chi connectivity index (χ3v) is 4.82. The zero-order valence-corrected chi connectivity index (χ0v) is 14.6. The minimum Gasteiger partial charge on any atom is -0.387 e. The van der Waals surface area contributed by atoms with Crippen molar-refractivity contribution in [3.63, 3.8) is 0 Å². The van der Waals surface area contributed by atoms with Crippen molar-refractivity contribution in [1.82, 2.24) is 5.32 Å². The first-order valence-electron chi connectivity index (χ1n) is 7.58. The molecule has 1 amide bonds. The zero-order valence-electron chi connectivity index (χ0n) is 13.8. The molecule has 0 spiro atoms. The molecule has 24 heavy (non-hydrogen) atoms. The van der Waals surface area contributed by atoms with E-state index >= 15 is 0 Å². The van der Waals surface area contributed by atoms with E-state index in [-0.39, 0.29) is 23.0 Å². The van der Waals surface area contributed by atoms with Crippen LogP contribution in [-0.4, -0.2) is 31.8 Å². The molecular formula is C15H22N4O4S. The van der Waals surface area contributed by atoms with Gasteiger partial charge in [0.05, 0.1) is 17.2 Å². The molecule has 1 aromatic carbocycles. The number of nitrogens with zero attached hydrogens (tertiary/aromatic N) is 1. The summed E-state index contributed by atoms with van der Waals surface area (Å²) in [5, 5.41) is 13.5. The van der Waals surface area contributed by atoms with Crippen LogP contribution >= 0.6 is 0 Å². The van der Waals surface area contributed by atoms with Crippen LogP contribution in [0.25, 0.3) is 0 Å². The molecule has 0 aliphatic carbocycles. The molecular weight excluding hydrogens is 332 g/mol. The monoisotopic (exact) mass is 354 g/mol. The summed E-state index contributed by atoms with van der Waals surface area (Å²) in [7, 11) is -3.90. The zero-order chi connectivity index (χ0) is 18.1. The summed E-state index contributed by atoms with van der Waals surface area (Å²) < 4.78 is 28.9. The predicted octanol–water partition coefficient (Wildman–Crippen LogP) is 0.648. The van der Waals surface area contributed by atoms with Crippen molar-refractivity contribution >= 4 is 27.6 Å². The first-order chi connectivity index (χ1) is 11.1. The Hall–Kier alpha value is -2.13. The van der Waals surface area contributed by atoms with E-state index in [2.05, 4.69) is 14.4 Å². The lowest BCUT2D eigenvalue weighted by Gasteiger charge is -2.31. The number of nitrogens with two attached hydrogens (primary N) is 1. The third-order valence-electron chi connectivity index (χ3n) is 3.91. The summed E-state index contributed by atoms with van der Waals surface area (Å²) in [6, 6.07) is 4.70. The molecule has 1 aromatic rings. The van der Waals surface area contributed by atoms with Crippen LogP contribution in [0.4, 0.5) is 5.69 Å². The first-order valence-corrected chi connectivity index (χ1v) is 9.02. The van der Waals surface area contributed by atoms with E-state index < -0.39 is 21.7 Å². The molecule has 0 saturated carbocycles. The minimum atomic E-state index is -3.90. The molecule has 1 aliphatic heterocycles. The Bertz CT molecular complexity index is 787. The van der Waals surface area contributed by atoms with Crippen molar-refractivity contribution in [3.8, 4) is 0 Å². The normalized spacial score (nSPS) is 17.2. The highest BCUT2D eigenvalue weighted by Crippen LogP contribution is 2.38. The summed E-state index contributed by atoms with van der Waals surface area (Å²) >= 11 is 0. The molecule has 5 N–H and O–H groups in total. The van der Waals surface area contributed by atoms with Gasteiger partial charge in [-0.3, -0.25) is 9.52 Å². The van der Waals surface area contributed by atoms with E-state index in [4.69, 9.17) is 5.73 Å². The lowest BCUT2D eigenvalue weighted by atomic mass is 9.79. The summed E-state index contributed by atoms with van der Waals surface area (Å²) in [4.78, 5) is 12.3. The molecule has 1 heterocycles. The van der Waals surface area contributed by atoms with E-state index in [1.54, 1.807) is 26.0 Å². The van der Waals surface area contributed by atoms with E-state index in [1.165, 1.54) is 6.07 Å². The Morgan fingerprint density at radius 3 is 2.75 bits per heavy atom. The van der Waals surface area contributed by atoms with Crippen LogP contribution < -0.4 is 15.8 Å². The Balaban J connectivity index is 2.46. The van der Waals surface area contributed by atoms with Crippen LogP contribution in [0.1, 0.15) is 44.4 Å². The number of benzene rings is 1. The number of aliphatic hydroxyl groups excluding tert-OH is 1. The van der Waals surface area contributed by atoms with Gasteiger partial charge in [0.2, 0.25) is 5.91 Å². The number of carbonyl (C=O) groups is 1. The van der Waals surface area contributed by atoms with Crippen molar-refractivity contribution < 1.29 is 18.3 Å². The molecule has 1 unspecified atom stereocenters. The van der Waals surface area contributed by atoms with Crippen molar-refractivity contribution in [2.24, 2.45) is 15.5 Å². The van der Waals surface area contributed by atoms with Crippen LogP contribution in [-0.2, 0) is 15.0 Å². The van der Waals surface area contributed by atoms with Gasteiger partial charge >= 0.3 is 10.2 Å². The molecule has 8 nitrogen and oxygen atoms in total. The quantitative estimate of drug-likeness (QED) is 0.616. The van der Waals surface area contributed by atoms with Gasteiger partial charge in [-0.2, -0.15) is 8.42 Å². The molecule has 2 rings (SSSR count). The number of anilines is 1. The number of nitrogens with one attached hydrogen (secondary N) is 2. The maximum Gasteiger partial charge on any atom is 0.344 e. The first kappa shape index (κ1) is 18.2. The standard InChI is InChI=1S/C15H22N4O4S/c1-4-8-17-14(21)15(2,3)12(20)9-6-5-7-10-11(9)13(16)19-24(22,23)18-10/h5-7,12,18,20H,4,8H2,1-3H3,(H2,16,19)(H,17,21). The highest BCUT2D eigenvalue weighted by atomic mass is 32.2. The maximum atomic E-state index is 12.3. The Labute approximate surface area is 141 Å². The lowest BCUT2D eigenvalue weighted by molar-refractivity contribution is -0.135. The van der Waals surface area contributed by atoms with Gasteiger partial charge in [0.1, 0.15) is 5.84 Å². The second-order valence-corrected chi connectivity index (χ2v) is 7.54. The fraction of sp³-hybridized carbons (Fsp3) is 0.467. The van der Waals surface area contributed by atoms with Crippen molar-refractivity contribution in [3.05, 3.63) is 29.3 Å². The number of amides is 1.